The standard InChI is InChI=1S/C15H14O2S/c1-2-13-11(7-8-17-13)15(16)12-9-18-14-6-4-3-5-10(12)14/h3-9,15-16H,2H2,1H3. The minimum absolute atomic E-state index is 0.602. The third kappa shape index (κ3) is 1.76. The largest absolute Gasteiger partial charge is 0.469 e. The van der Waals surface area contributed by atoms with Crippen molar-refractivity contribution in [3.8, 4) is 0 Å². The van der Waals surface area contributed by atoms with E-state index in [0.29, 0.717) is 0 Å². The lowest BCUT2D eigenvalue weighted by Crippen LogP contribution is -2.00. The first-order valence-corrected chi connectivity index (χ1v) is 6.89. The van der Waals surface area contributed by atoms with Crippen LogP contribution in [-0.2, 0) is 6.42 Å². The van der Waals surface area contributed by atoms with Gasteiger partial charge in [-0.1, -0.05) is 25.1 Å². The maximum atomic E-state index is 10.5. The van der Waals surface area contributed by atoms with Crippen LogP contribution in [0.2, 0.25) is 0 Å². The minimum Gasteiger partial charge on any atom is -0.469 e. The van der Waals surface area contributed by atoms with E-state index in [1.807, 2.05) is 30.5 Å². The Morgan fingerprint density at radius 2 is 2.06 bits per heavy atom. The first-order valence-electron chi connectivity index (χ1n) is 6.01. The second-order valence-electron chi connectivity index (χ2n) is 4.24. The van der Waals surface area contributed by atoms with E-state index in [1.54, 1.807) is 17.6 Å². The van der Waals surface area contributed by atoms with Crippen LogP contribution in [0.25, 0.3) is 10.1 Å². The lowest BCUT2D eigenvalue weighted by Gasteiger charge is -2.09. The summed E-state index contributed by atoms with van der Waals surface area (Å²) in [6.07, 6.45) is 1.84. The summed E-state index contributed by atoms with van der Waals surface area (Å²) in [6.45, 7) is 2.03. The van der Waals surface area contributed by atoms with E-state index in [9.17, 15) is 5.11 Å². The summed E-state index contributed by atoms with van der Waals surface area (Å²) in [5, 5.41) is 13.7. The van der Waals surface area contributed by atoms with Crippen LogP contribution >= 0.6 is 11.3 Å². The summed E-state index contributed by atoms with van der Waals surface area (Å²) < 4.78 is 6.59. The summed E-state index contributed by atoms with van der Waals surface area (Å²) >= 11 is 1.66. The molecular formula is C15H14O2S. The molecule has 18 heavy (non-hydrogen) atoms. The highest BCUT2D eigenvalue weighted by molar-refractivity contribution is 7.17. The molecule has 1 N–H and O–H groups in total. The molecule has 0 saturated carbocycles. The third-order valence-corrected chi connectivity index (χ3v) is 4.18. The molecular weight excluding hydrogens is 244 g/mol. The van der Waals surface area contributed by atoms with Crippen molar-refractivity contribution in [2.45, 2.75) is 19.4 Å². The van der Waals surface area contributed by atoms with Crippen LogP contribution in [0.3, 0.4) is 0 Å². The Balaban J connectivity index is 2.09. The minimum atomic E-state index is -0.602. The normalized spacial score (nSPS) is 13.0. The fourth-order valence-electron chi connectivity index (χ4n) is 2.26. The Hall–Kier alpha value is -1.58. The quantitative estimate of drug-likeness (QED) is 0.766. The smallest absolute Gasteiger partial charge is 0.109 e. The van der Waals surface area contributed by atoms with Gasteiger partial charge in [0.05, 0.1) is 6.26 Å². The zero-order valence-corrected chi connectivity index (χ0v) is 10.9. The molecule has 3 rings (SSSR count). The van der Waals surface area contributed by atoms with Gasteiger partial charge in [-0.2, -0.15) is 0 Å². The highest BCUT2D eigenvalue weighted by atomic mass is 32.1. The van der Waals surface area contributed by atoms with Crippen molar-refractivity contribution in [3.05, 3.63) is 58.9 Å². The molecule has 0 aliphatic heterocycles. The van der Waals surface area contributed by atoms with Crippen molar-refractivity contribution >= 4 is 21.4 Å². The number of benzene rings is 1. The van der Waals surface area contributed by atoms with Gasteiger partial charge in [0.25, 0.3) is 0 Å². The van der Waals surface area contributed by atoms with Gasteiger partial charge in [0, 0.05) is 22.2 Å². The predicted molar refractivity (Wildman–Crippen MR) is 74.0 cm³/mol. The Morgan fingerprint density at radius 3 is 2.89 bits per heavy atom. The van der Waals surface area contributed by atoms with Gasteiger partial charge in [0.2, 0.25) is 0 Å². The van der Waals surface area contributed by atoms with E-state index < -0.39 is 6.10 Å². The van der Waals surface area contributed by atoms with E-state index in [2.05, 4.69) is 12.1 Å². The molecule has 3 aromatic rings. The zero-order valence-electron chi connectivity index (χ0n) is 10.1. The fourth-order valence-corrected chi connectivity index (χ4v) is 3.24. The van der Waals surface area contributed by atoms with Crippen molar-refractivity contribution in [3.63, 3.8) is 0 Å². The molecule has 0 saturated heterocycles. The Morgan fingerprint density at radius 1 is 1.22 bits per heavy atom. The van der Waals surface area contributed by atoms with Crippen LogP contribution in [0.5, 0.6) is 0 Å². The van der Waals surface area contributed by atoms with Crippen LogP contribution in [0.4, 0.5) is 0 Å². The molecule has 1 aromatic carbocycles. The highest BCUT2D eigenvalue weighted by Crippen LogP contribution is 2.34. The number of furan rings is 1. The second kappa shape index (κ2) is 4.59. The number of rotatable bonds is 3. The molecule has 0 spiro atoms. The van der Waals surface area contributed by atoms with Gasteiger partial charge in [0.15, 0.2) is 0 Å². The number of aryl methyl sites for hydroxylation is 1. The van der Waals surface area contributed by atoms with Crippen LogP contribution < -0.4 is 0 Å². The van der Waals surface area contributed by atoms with Gasteiger partial charge in [-0.15, -0.1) is 11.3 Å². The lowest BCUT2D eigenvalue weighted by atomic mass is 10.0. The van der Waals surface area contributed by atoms with Crippen molar-refractivity contribution in [2.24, 2.45) is 0 Å². The van der Waals surface area contributed by atoms with E-state index in [0.717, 1.165) is 28.7 Å². The van der Waals surface area contributed by atoms with E-state index in [4.69, 9.17) is 4.42 Å². The molecule has 2 heterocycles. The fraction of sp³-hybridized carbons (Fsp3) is 0.200. The Kier molecular flexibility index (Phi) is 2.94. The van der Waals surface area contributed by atoms with Crippen molar-refractivity contribution in [2.75, 3.05) is 0 Å². The average Bonchev–Trinajstić information content (AvgIpc) is 3.04. The molecule has 2 nitrogen and oxygen atoms in total. The Labute approximate surface area is 109 Å². The molecule has 0 amide bonds. The Bertz CT molecular complexity index is 666. The van der Waals surface area contributed by atoms with Gasteiger partial charge < -0.3 is 9.52 Å². The monoisotopic (exact) mass is 258 g/mol. The van der Waals surface area contributed by atoms with Crippen molar-refractivity contribution in [1.29, 1.82) is 0 Å². The predicted octanol–water partition coefficient (Wildman–Crippen LogP) is 4.14. The number of aliphatic hydroxyl groups excluding tert-OH is 1. The first kappa shape index (κ1) is 11.5. The van der Waals surface area contributed by atoms with E-state index in [1.165, 1.54) is 4.70 Å². The van der Waals surface area contributed by atoms with E-state index >= 15 is 0 Å². The topological polar surface area (TPSA) is 33.4 Å². The van der Waals surface area contributed by atoms with Gasteiger partial charge >= 0.3 is 0 Å². The van der Waals surface area contributed by atoms with Gasteiger partial charge in [-0.25, -0.2) is 0 Å². The van der Waals surface area contributed by atoms with Gasteiger partial charge in [-0.3, -0.25) is 0 Å². The molecule has 0 aliphatic carbocycles. The number of fused-ring (bicyclic) bond motifs is 1. The summed E-state index contributed by atoms with van der Waals surface area (Å²) in [7, 11) is 0. The third-order valence-electron chi connectivity index (χ3n) is 3.20. The van der Waals surface area contributed by atoms with Crippen LogP contribution in [0.1, 0.15) is 29.9 Å². The summed E-state index contributed by atoms with van der Waals surface area (Å²) in [5.41, 5.74) is 1.84. The number of hydrogen-bond donors (Lipinski definition) is 1. The molecule has 0 fully saturated rings. The molecule has 0 aliphatic rings. The molecule has 0 radical (unpaired) electrons. The van der Waals surface area contributed by atoms with E-state index in [-0.39, 0.29) is 0 Å². The SMILES string of the molecule is CCc1occc1C(O)c1csc2ccccc12. The van der Waals surface area contributed by atoms with Gasteiger partial charge in [-0.05, 0) is 22.9 Å². The lowest BCUT2D eigenvalue weighted by molar-refractivity contribution is 0.219. The average molecular weight is 258 g/mol. The number of thiophene rings is 1. The highest BCUT2D eigenvalue weighted by Gasteiger charge is 2.19. The molecule has 0 bridgehead atoms. The van der Waals surface area contributed by atoms with Crippen molar-refractivity contribution < 1.29 is 9.52 Å². The number of aliphatic hydroxyl groups is 1. The first-order chi connectivity index (χ1) is 8.81. The maximum absolute atomic E-state index is 10.5. The summed E-state index contributed by atoms with van der Waals surface area (Å²) in [5.74, 6) is 0.859. The molecule has 2 aromatic heterocycles. The van der Waals surface area contributed by atoms with Gasteiger partial charge in [0.1, 0.15) is 11.9 Å². The molecule has 3 heteroatoms. The molecule has 1 unspecified atom stereocenters. The van der Waals surface area contributed by atoms with Crippen LogP contribution in [0.15, 0.2) is 46.4 Å². The van der Waals surface area contributed by atoms with Crippen LogP contribution in [-0.4, -0.2) is 5.11 Å². The molecule has 1 atom stereocenters. The number of hydrogen-bond acceptors (Lipinski definition) is 3. The van der Waals surface area contributed by atoms with Crippen molar-refractivity contribution in [1.82, 2.24) is 0 Å². The second-order valence-corrected chi connectivity index (χ2v) is 5.15. The maximum Gasteiger partial charge on any atom is 0.109 e. The van der Waals surface area contributed by atoms with Crippen LogP contribution in [0, 0.1) is 0 Å². The summed E-state index contributed by atoms with van der Waals surface area (Å²) in [4.78, 5) is 0. The summed E-state index contributed by atoms with van der Waals surface area (Å²) in [6, 6.07) is 10.0. The zero-order chi connectivity index (χ0) is 12.5. The molecule has 92 valence electrons.